The van der Waals surface area contributed by atoms with Crippen molar-refractivity contribution in [2.75, 3.05) is 0 Å². The predicted molar refractivity (Wildman–Crippen MR) is 84.3 cm³/mol. The molecule has 1 atom stereocenters. The number of hydrogen-bond donors (Lipinski definition) is 1. The van der Waals surface area contributed by atoms with Crippen LogP contribution in [0.5, 0.6) is 5.75 Å². The van der Waals surface area contributed by atoms with Crippen LogP contribution in [0.2, 0.25) is 5.02 Å². The van der Waals surface area contributed by atoms with Gasteiger partial charge in [0.25, 0.3) is 0 Å². The first-order valence-corrected chi connectivity index (χ1v) is 7.19. The van der Waals surface area contributed by atoms with Crippen LogP contribution < -0.4 is 10.5 Å². The zero-order valence-corrected chi connectivity index (χ0v) is 12.6. The Morgan fingerprint density at radius 1 is 1.10 bits per heavy atom. The van der Waals surface area contributed by atoms with Crippen molar-refractivity contribution in [1.29, 1.82) is 0 Å². The van der Waals surface area contributed by atoms with Gasteiger partial charge in [0.05, 0.1) is 6.10 Å². The summed E-state index contributed by atoms with van der Waals surface area (Å²) in [4.78, 5) is 0. The van der Waals surface area contributed by atoms with Crippen molar-refractivity contribution in [1.82, 2.24) is 0 Å². The van der Waals surface area contributed by atoms with Crippen molar-refractivity contribution in [2.24, 2.45) is 5.73 Å². The van der Waals surface area contributed by atoms with E-state index in [1.807, 2.05) is 62.4 Å². The molecule has 0 heterocycles. The second kappa shape index (κ2) is 6.78. The van der Waals surface area contributed by atoms with Crippen LogP contribution in [0.15, 0.2) is 48.5 Å². The number of hydrogen-bond acceptors (Lipinski definition) is 2. The van der Waals surface area contributed by atoms with Crippen molar-refractivity contribution in [3.05, 3.63) is 64.7 Å². The molecule has 2 aromatic carbocycles. The van der Waals surface area contributed by atoms with Gasteiger partial charge in [0, 0.05) is 11.1 Å². The SMILES string of the molecule is CC(C)Oc1cccc(C(N)Cc2ccccc2Cl)c1. The van der Waals surface area contributed by atoms with Gasteiger partial charge in [0.2, 0.25) is 0 Å². The predicted octanol–water partition coefficient (Wildman–Crippen LogP) is 4.37. The molecule has 2 nitrogen and oxygen atoms in total. The van der Waals surface area contributed by atoms with Crippen LogP contribution in [0, 0.1) is 0 Å². The molecule has 0 spiro atoms. The van der Waals surface area contributed by atoms with Crippen LogP contribution in [0.3, 0.4) is 0 Å². The standard InChI is InChI=1S/C17H20ClNO/c1-12(2)20-15-8-5-7-14(10-15)17(19)11-13-6-3-4-9-16(13)18/h3-10,12,17H,11,19H2,1-2H3. The van der Waals surface area contributed by atoms with E-state index >= 15 is 0 Å². The number of halogens is 1. The quantitative estimate of drug-likeness (QED) is 0.887. The summed E-state index contributed by atoms with van der Waals surface area (Å²) in [5.74, 6) is 0.854. The zero-order chi connectivity index (χ0) is 14.5. The molecule has 0 amide bonds. The highest BCUT2D eigenvalue weighted by atomic mass is 35.5. The van der Waals surface area contributed by atoms with Gasteiger partial charge < -0.3 is 10.5 Å². The van der Waals surface area contributed by atoms with E-state index in [0.717, 1.165) is 21.9 Å². The molecule has 2 aromatic rings. The van der Waals surface area contributed by atoms with Crippen LogP contribution >= 0.6 is 11.6 Å². The normalized spacial score (nSPS) is 12.4. The molecule has 0 aromatic heterocycles. The fourth-order valence-corrected chi connectivity index (χ4v) is 2.32. The summed E-state index contributed by atoms with van der Waals surface area (Å²) in [5.41, 5.74) is 8.41. The number of benzene rings is 2. The summed E-state index contributed by atoms with van der Waals surface area (Å²) in [6.45, 7) is 4.02. The van der Waals surface area contributed by atoms with Gasteiger partial charge in [-0.1, -0.05) is 41.9 Å². The Hall–Kier alpha value is -1.51. The zero-order valence-electron chi connectivity index (χ0n) is 11.8. The lowest BCUT2D eigenvalue weighted by Crippen LogP contribution is -2.14. The molecule has 0 radical (unpaired) electrons. The second-order valence-electron chi connectivity index (χ2n) is 5.14. The molecule has 0 aliphatic rings. The maximum Gasteiger partial charge on any atom is 0.120 e. The van der Waals surface area contributed by atoms with Gasteiger partial charge in [-0.15, -0.1) is 0 Å². The molecule has 0 aliphatic carbocycles. The monoisotopic (exact) mass is 289 g/mol. The molecule has 20 heavy (non-hydrogen) atoms. The molecule has 0 aliphatic heterocycles. The maximum atomic E-state index is 6.28. The van der Waals surface area contributed by atoms with Crippen molar-refractivity contribution in [2.45, 2.75) is 32.4 Å². The Morgan fingerprint density at radius 2 is 1.85 bits per heavy atom. The van der Waals surface area contributed by atoms with E-state index in [-0.39, 0.29) is 12.1 Å². The molecule has 2 N–H and O–H groups in total. The van der Waals surface area contributed by atoms with Gasteiger partial charge in [0.15, 0.2) is 0 Å². The highest BCUT2D eigenvalue weighted by Crippen LogP contribution is 2.24. The van der Waals surface area contributed by atoms with E-state index in [4.69, 9.17) is 22.1 Å². The van der Waals surface area contributed by atoms with E-state index in [1.54, 1.807) is 0 Å². The highest BCUT2D eigenvalue weighted by Gasteiger charge is 2.10. The van der Waals surface area contributed by atoms with E-state index in [0.29, 0.717) is 6.42 Å². The van der Waals surface area contributed by atoms with Crippen molar-refractivity contribution in [3.63, 3.8) is 0 Å². The third-order valence-corrected chi connectivity index (χ3v) is 3.42. The lowest BCUT2D eigenvalue weighted by atomic mass is 9.99. The lowest BCUT2D eigenvalue weighted by molar-refractivity contribution is 0.242. The summed E-state index contributed by atoms with van der Waals surface area (Å²) >= 11 is 6.18. The molecule has 106 valence electrons. The minimum atomic E-state index is -0.0920. The fraction of sp³-hybridized carbons (Fsp3) is 0.294. The van der Waals surface area contributed by atoms with Crippen LogP contribution in [0.4, 0.5) is 0 Å². The third kappa shape index (κ3) is 3.99. The van der Waals surface area contributed by atoms with Crippen LogP contribution in [0.25, 0.3) is 0 Å². The summed E-state index contributed by atoms with van der Waals surface area (Å²) in [7, 11) is 0. The lowest BCUT2D eigenvalue weighted by Gasteiger charge is -2.16. The number of ether oxygens (including phenoxy) is 1. The smallest absolute Gasteiger partial charge is 0.120 e. The van der Waals surface area contributed by atoms with Crippen molar-refractivity contribution >= 4 is 11.6 Å². The largest absolute Gasteiger partial charge is 0.491 e. The van der Waals surface area contributed by atoms with Gasteiger partial charge in [-0.3, -0.25) is 0 Å². The average molecular weight is 290 g/mol. The number of rotatable bonds is 5. The Bertz CT molecular complexity index is 568. The van der Waals surface area contributed by atoms with Gasteiger partial charge in [-0.05, 0) is 49.6 Å². The first-order valence-electron chi connectivity index (χ1n) is 6.82. The Labute approximate surface area is 125 Å². The molecule has 3 heteroatoms. The molecular weight excluding hydrogens is 270 g/mol. The minimum absolute atomic E-state index is 0.0920. The van der Waals surface area contributed by atoms with Gasteiger partial charge in [-0.25, -0.2) is 0 Å². The van der Waals surface area contributed by atoms with E-state index in [2.05, 4.69) is 0 Å². The molecule has 0 saturated heterocycles. The summed E-state index contributed by atoms with van der Waals surface area (Å²) in [6, 6.07) is 15.7. The average Bonchev–Trinajstić information content (AvgIpc) is 2.41. The van der Waals surface area contributed by atoms with Crippen LogP contribution in [-0.4, -0.2) is 6.10 Å². The summed E-state index contributed by atoms with van der Waals surface area (Å²) in [6.07, 6.45) is 0.871. The van der Waals surface area contributed by atoms with Gasteiger partial charge in [-0.2, -0.15) is 0 Å². The summed E-state index contributed by atoms with van der Waals surface area (Å²) in [5, 5.41) is 0.762. The molecular formula is C17H20ClNO. The highest BCUT2D eigenvalue weighted by molar-refractivity contribution is 6.31. The van der Waals surface area contributed by atoms with Crippen LogP contribution in [0.1, 0.15) is 31.0 Å². The number of nitrogens with two attached hydrogens (primary N) is 1. The van der Waals surface area contributed by atoms with Crippen molar-refractivity contribution < 1.29 is 4.74 Å². The summed E-state index contributed by atoms with van der Waals surface area (Å²) < 4.78 is 5.70. The van der Waals surface area contributed by atoms with E-state index < -0.39 is 0 Å². The van der Waals surface area contributed by atoms with Gasteiger partial charge in [0.1, 0.15) is 5.75 Å². The topological polar surface area (TPSA) is 35.2 Å². The Kier molecular flexibility index (Phi) is 5.05. The fourth-order valence-electron chi connectivity index (χ4n) is 2.11. The molecule has 0 fully saturated rings. The molecule has 0 saturated carbocycles. The third-order valence-electron chi connectivity index (χ3n) is 3.06. The first kappa shape index (κ1) is 14.9. The minimum Gasteiger partial charge on any atom is -0.491 e. The van der Waals surface area contributed by atoms with E-state index in [9.17, 15) is 0 Å². The second-order valence-corrected chi connectivity index (χ2v) is 5.55. The Balaban J connectivity index is 2.13. The van der Waals surface area contributed by atoms with Crippen LogP contribution in [-0.2, 0) is 6.42 Å². The van der Waals surface area contributed by atoms with Crippen molar-refractivity contribution in [3.8, 4) is 5.75 Å². The maximum absolute atomic E-state index is 6.28. The molecule has 2 rings (SSSR count). The molecule has 0 bridgehead atoms. The van der Waals surface area contributed by atoms with E-state index in [1.165, 1.54) is 0 Å². The van der Waals surface area contributed by atoms with Gasteiger partial charge >= 0.3 is 0 Å². The Morgan fingerprint density at radius 3 is 2.55 bits per heavy atom. The first-order chi connectivity index (χ1) is 9.56. The molecule has 1 unspecified atom stereocenters.